The Kier molecular flexibility index (Phi) is 3.68. The van der Waals surface area contributed by atoms with Crippen LogP contribution in [0.1, 0.15) is 12.5 Å². The van der Waals surface area contributed by atoms with Crippen LogP contribution in [0.25, 0.3) is 5.69 Å². The second-order valence-electron chi connectivity index (χ2n) is 6.08. The van der Waals surface area contributed by atoms with Crippen molar-refractivity contribution in [2.75, 3.05) is 25.5 Å². The Balaban J connectivity index is 1.78. The summed E-state index contributed by atoms with van der Waals surface area (Å²) in [4.78, 5) is 2.29. The van der Waals surface area contributed by atoms with E-state index in [0.717, 1.165) is 24.3 Å². The van der Waals surface area contributed by atoms with Crippen LogP contribution in [0.3, 0.4) is 0 Å². The van der Waals surface area contributed by atoms with Crippen molar-refractivity contribution in [3.05, 3.63) is 42.0 Å². The zero-order chi connectivity index (χ0) is 15.0. The number of aromatic nitrogens is 2. The van der Waals surface area contributed by atoms with Crippen LogP contribution in [0.5, 0.6) is 0 Å². The van der Waals surface area contributed by atoms with E-state index < -0.39 is 0 Å². The van der Waals surface area contributed by atoms with E-state index in [0.29, 0.717) is 17.6 Å². The maximum atomic E-state index is 14.3. The summed E-state index contributed by atoms with van der Waals surface area (Å²) in [6.07, 6.45) is 3.54. The number of nitrogens with one attached hydrogen (secondary N) is 1. The number of halogens is 1. The largest absolute Gasteiger partial charge is 0.381 e. The minimum absolute atomic E-state index is 0.262. The molecule has 4 nitrogen and oxygen atoms in total. The van der Waals surface area contributed by atoms with Gasteiger partial charge in [0, 0.05) is 31.0 Å². The van der Waals surface area contributed by atoms with Crippen molar-refractivity contribution in [3.63, 3.8) is 0 Å². The fourth-order valence-corrected chi connectivity index (χ4v) is 2.94. The van der Waals surface area contributed by atoms with Crippen molar-refractivity contribution < 1.29 is 4.39 Å². The predicted molar refractivity (Wildman–Crippen MR) is 82.3 cm³/mol. The van der Waals surface area contributed by atoms with E-state index in [9.17, 15) is 4.39 Å². The van der Waals surface area contributed by atoms with E-state index >= 15 is 0 Å². The predicted octanol–water partition coefficient (Wildman–Crippen LogP) is 2.68. The van der Waals surface area contributed by atoms with Gasteiger partial charge in [0.2, 0.25) is 0 Å². The molecule has 1 aliphatic rings. The van der Waals surface area contributed by atoms with Gasteiger partial charge in [-0.25, -0.2) is 9.07 Å². The Hall–Kier alpha value is -1.88. The number of aryl methyl sites for hydroxylation is 1. The number of nitrogens with zero attached hydrogens (tertiary/aromatic N) is 3. The molecule has 112 valence electrons. The summed E-state index contributed by atoms with van der Waals surface area (Å²) in [6, 6.07) is 5.61. The molecular formula is C16H21FN4. The summed E-state index contributed by atoms with van der Waals surface area (Å²) in [5.74, 6) is 0.300. The molecule has 2 heterocycles. The van der Waals surface area contributed by atoms with Crippen LogP contribution in [0.4, 0.5) is 10.1 Å². The molecule has 0 unspecified atom stereocenters. The molecule has 5 heteroatoms. The Morgan fingerprint density at radius 1 is 1.33 bits per heavy atom. The summed E-state index contributed by atoms with van der Waals surface area (Å²) in [7, 11) is 2.11. The van der Waals surface area contributed by atoms with Gasteiger partial charge in [0.05, 0.1) is 6.20 Å². The minimum atomic E-state index is -0.262. The molecule has 0 amide bonds. The molecule has 0 spiro atoms. The first-order chi connectivity index (χ1) is 10.0. The fourth-order valence-electron chi connectivity index (χ4n) is 2.94. The number of rotatable bonds is 3. The first-order valence-electron chi connectivity index (χ1n) is 7.29. The van der Waals surface area contributed by atoms with E-state index in [4.69, 9.17) is 0 Å². The lowest BCUT2D eigenvalue weighted by Crippen LogP contribution is -2.27. The number of hydrogen-bond donors (Lipinski definition) is 1. The van der Waals surface area contributed by atoms with Gasteiger partial charge in [-0.1, -0.05) is 6.92 Å². The third-order valence-corrected chi connectivity index (χ3v) is 4.05. The molecule has 1 aromatic carbocycles. The molecular weight excluding hydrogens is 267 g/mol. The van der Waals surface area contributed by atoms with E-state index in [2.05, 4.69) is 29.3 Å². The molecule has 0 bridgehead atoms. The van der Waals surface area contributed by atoms with Gasteiger partial charge >= 0.3 is 0 Å². The molecule has 2 atom stereocenters. The van der Waals surface area contributed by atoms with Crippen LogP contribution in [0.2, 0.25) is 0 Å². The molecule has 1 N–H and O–H groups in total. The SMILES string of the molecule is Cc1cnn(-c2ccc(N[C@@H]3CN(C)C[C@H]3C)cc2F)c1. The van der Waals surface area contributed by atoms with Crippen LogP contribution in [-0.4, -0.2) is 40.9 Å². The lowest BCUT2D eigenvalue weighted by atomic mass is 10.1. The third-order valence-electron chi connectivity index (χ3n) is 4.05. The Morgan fingerprint density at radius 2 is 2.14 bits per heavy atom. The van der Waals surface area contributed by atoms with Crippen LogP contribution < -0.4 is 5.32 Å². The van der Waals surface area contributed by atoms with Gasteiger partial charge in [-0.3, -0.25) is 0 Å². The number of benzene rings is 1. The van der Waals surface area contributed by atoms with Crippen LogP contribution >= 0.6 is 0 Å². The van der Waals surface area contributed by atoms with Gasteiger partial charge in [-0.05, 0) is 43.7 Å². The number of hydrogen-bond acceptors (Lipinski definition) is 3. The van der Waals surface area contributed by atoms with Crippen LogP contribution in [0.15, 0.2) is 30.6 Å². The fraction of sp³-hybridized carbons (Fsp3) is 0.438. The molecule has 1 aromatic heterocycles. The first-order valence-corrected chi connectivity index (χ1v) is 7.29. The summed E-state index contributed by atoms with van der Waals surface area (Å²) in [6.45, 7) is 6.22. The van der Waals surface area contributed by atoms with Gasteiger partial charge in [-0.2, -0.15) is 5.10 Å². The molecule has 3 rings (SSSR count). The zero-order valence-electron chi connectivity index (χ0n) is 12.7. The monoisotopic (exact) mass is 288 g/mol. The van der Waals surface area contributed by atoms with Gasteiger partial charge < -0.3 is 10.2 Å². The molecule has 0 saturated carbocycles. The summed E-state index contributed by atoms with van der Waals surface area (Å²) >= 11 is 0. The maximum Gasteiger partial charge on any atom is 0.150 e. The normalized spacial score (nSPS) is 22.7. The lowest BCUT2D eigenvalue weighted by molar-refractivity contribution is 0.401. The third kappa shape index (κ3) is 2.93. The Morgan fingerprint density at radius 3 is 2.71 bits per heavy atom. The maximum absolute atomic E-state index is 14.3. The highest BCUT2D eigenvalue weighted by Crippen LogP contribution is 2.23. The second kappa shape index (κ2) is 5.48. The molecule has 0 aliphatic carbocycles. The van der Waals surface area contributed by atoms with E-state index in [1.165, 1.54) is 0 Å². The van der Waals surface area contributed by atoms with Gasteiger partial charge in [0.1, 0.15) is 5.69 Å². The highest BCUT2D eigenvalue weighted by Gasteiger charge is 2.27. The molecule has 21 heavy (non-hydrogen) atoms. The Labute approximate surface area is 124 Å². The number of anilines is 1. The quantitative estimate of drug-likeness (QED) is 0.942. The molecule has 1 fully saturated rings. The molecule has 1 saturated heterocycles. The van der Waals surface area contributed by atoms with E-state index in [1.54, 1.807) is 23.0 Å². The highest BCUT2D eigenvalue weighted by molar-refractivity contribution is 5.50. The van der Waals surface area contributed by atoms with Crippen molar-refractivity contribution in [1.29, 1.82) is 0 Å². The topological polar surface area (TPSA) is 33.1 Å². The second-order valence-corrected chi connectivity index (χ2v) is 6.08. The van der Waals surface area contributed by atoms with Crippen molar-refractivity contribution >= 4 is 5.69 Å². The molecule has 2 aromatic rings. The highest BCUT2D eigenvalue weighted by atomic mass is 19.1. The molecule has 0 radical (unpaired) electrons. The average Bonchev–Trinajstić information content (AvgIpc) is 2.96. The Bertz CT molecular complexity index is 637. The average molecular weight is 288 g/mol. The standard InChI is InChI=1S/C16H21FN4/c1-11-7-18-21(8-11)16-5-4-13(6-14(16)17)19-15-10-20(3)9-12(15)2/h4-8,12,15,19H,9-10H2,1-3H3/t12-,15-/m1/s1. The van der Waals surface area contributed by atoms with Gasteiger partial charge in [-0.15, -0.1) is 0 Å². The summed E-state index contributed by atoms with van der Waals surface area (Å²) < 4.78 is 15.9. The summed E-state index contributed by atoms with van der Waals surface area (Å²) in [5, 5.41) is 7.59. The zero-order valence-corrected chi connectivity index (χ0v) is 12.7. The van der Waals surface area contributed by atoms with Crippen molar-refractivity contribution in [1.82, 2.24) is 14.7 Å². The van der Waals surface area contributed by atoms with Crippen molar-refractivity contribution in [2.45, 2.75) is 19.9 Å². The van der Waals surface area contributed by atoms with Crippen LogP contribution in [0, 0.1) is 18.7 Å². The molecule has 1 aliphatic heterocycles. The van der Waals surface area contributed by atoms with Gasteiger partial charge in [0.15, 0.2) is 5.82 Å². The van der Waals surface area contributed by atoms with Gasteiger partial charge in [0.25, 0.3) is 0 Å². The van der Waals surface area contributed by atoms with Crippen LogP contribution in [-0.2, 0) is 0 Å². The van der Waals surface area contributed by atoms with Crippen molar-refractivity contribution in [2.24, 2.45) is 5.92 Å². The number of likely N-dealkylation sites (N-methyl/N-ethyl adjacent to an activating group) is 1. The van der Waals surface area contributed by atoms with E-state index in [1.807, 2.05) is 19.2 Å². The first kappa shape index (κ1) is 14.1. The smallest absolute Gasteiger partial charge is 0.150 e. The van der Waals surface area contributed by atoms with Crippen molar-refractivity contribution in [3.8, 4) is 5.69 Å². The number of likely N-dealkylation sites (tertiary alicyclic amines) is 1. The summed E-state index contributed by atoms with van der Waals surface area (Å²) in [5.41, 5.74) is 2.32. The minimum Gasteiger partial charge on any atom is -0.381 e. The van der Waals surface area contributed by atoms with E-state index in [-0.39, 0.29) is 5.82 Å². The lowest BCUT2D eigenvalue weighted by Gasteiger charge is -2.18.